The van der Waals surface area contributed by atoms with Crippen LogP contribution in [0.5, 0.6) is 0 Å². The Morgan fingerprint density at radius 3 is 2.69 bits per heavy atom. The lowest BCUT2D eigenvalue weighted by Crippen LogP contribution is -2.42. The van der Waals surface area contributed by atoms with Gasteiger partial charge in [0.05, 0.1) is 34.2 Å². The summed E-state index contributed by atoms with van der Waals surface area (Å²) in [4.78, 5) is -0.0597. The van der Waals surface area contributed by atoms with Crippen molar-refractivity contribution in [1.82, 2.24) is 14.1 Å². The normalized spacial score (nSPS) is 21.4. The Kier molecular flexibility index (Phi) is 6.76. The average molecular weight is 550 g/mol. The molecule has 5 rings (SSSR count). The smallest absolute Gasteiger partial charge is 0.244 e. The van der Waals surface area contributed by atoms with Crippen LogP contribution in [0.2, 0.25) is 10.0 Å². The first-order chi connectivity index (χ1) is 17.1. The third-order valence-electron chi connectivity index (χ3n) is 7.53. The van der Waals surface area contributed by atoms with Crippen LogP contribution in [0, 0.1) is 17.2 Å². The summed E-state index contributed by atoms with van der Waals surface area (Å²) < 4.78 is 43.6. The molecule has 0 radical (unpaired) electrons. The van der Waals surface area contributed by atoms with E-state index in [0.29, 0.717) is 6.42 Å². The minimum Gasteiger partial charge on any atom is -0.395 e. The summed E-state index contributed by atoms with van der Waals surface area (Å²) >= 11 is 12.3. The van der Waals surface area contributed by atoms with E-state index in [1.54, 1.807) is 24.3 Å². The molecule has 6 nitrogen and oxygen atoms in total. The molecule has 2 aliphatic carbocycles. The topological polar surface area (TPSA) is 75.4 Å². The highest BCUT2D eigenvalue weighted by molar-refractivity contribution is 7.89. The zero-order chi connectivity index (χ0) is 25.7. The highest BCUT2D eigenvalue weighted by atomic mass is 35.5. The van der Waals surface area contributed by atoms with Crippen LogP contribution in [0.4, 0.5) is 4.39 Å². The molecule has 3 aromatic rings. The fourth-order valence-electron chi connectivity index (χ4n) is 5.50. The first-order valence-corrected chi connectivity index (χ1v) is 13.9. The molecule has 2 aliphatic rings. The number of nitrogens with zero attached hydrogens (tertiary/aromatic N) is 3. The van der Waals surface area contributed by atoms with Crippen molar-refractivity contribution in [3.05, 3.63) is 81.4 Å². The fourth-order valence-corrected chi connectivity index (χ4v) is 7.72. The van der Waals surface area contributed by atoms with Gasteiger partial charge < -0.3 is 5.11 Å². The van der Waals surface area contributed by atoms with Gasteiger partial charge in [0, 0.05) is 13.1 Å². The molecule has 190 valence electrons. The summed E-state index contributed by atoms with van der Waals surface area (Å²) in [6.45, 7) is 2.08. The van der Waals surface area contributed by atoms with Crippen LogP contribution in [0.3, 0.4) is 0 Å². The molecule has 0 amide bonds. The van der Waals surface area contributed by atoms with Gasteiger partial charge in [0.15, 0.2) is 0 Å². The van der Waals surface area contributed by atoms with E-state index in [2.05, 4.69) is 18.1 Å². The Morgan fingerprint density at radius 1 is 1.22 bits per heavy atom. The van der Waals surface area contributed by atoms with Crippen molar-refractivity contribution in [2.75, 3.05) is 19.7 Å². The molecule has 0 aliphatic heterocycles. The lowest BCUT2D eigenvalue weighted by atomic mass is 9.70. The van der Waals surface area contributed by atoms with Gasteiger partial charge in [0.2, 0.25) is 10.0 Å². The summed E-state index contributed by atoms with van der Waals surface area (Å²) in [6, 6.07) is 10.8. The summed E-state index contributed by atoms with van der Waals surface area (Å²) in [7, 11) is -3.97. The van der Waals surface area contributed by atoms with E-state index in [1.165, 1.54) is 28.1 Å². The van der Waals surface area contributed by atoms with E-state index >= 15 is 0 Å². The van der Waals surface area contributed by atoms with Crippen LogP contribution in [0.25, 0.3) is 11.8 Å². The van der Waals surface area contributed by atoms with E-state index < -0.39 is 10.0 Å². The van der Waals surface area contributed by atoms with Gasteiger partial charge in [-0.3, -0.25) is 0 Å². The van der Waals surface area contributed by atoms with E-state index in [9.17, 15) is 17.9 Å². The molecule has 0 unspecified atom stereocenters. The zero-order valence-corrected chi connectivity index (χ0v) is 22.0. The number of aromatic nitrogens is 2. The molecule has 1 N–H and O–H groups in total. The van der Waals surface area contributed by atoms with Crippen LogP contribution in [0.15, 0.2) is 59.1 Å². The number of aliphatic hydroxyl groups excluding tert-OH is 1. The standard InChI is InChI=1S/C26H26Cl2FN3O3S/c1-26-14-17-15-30-32(21-9-7-20(29)8-10-21)23(17)13-18(26)5-6-19(26)16-31(11-12-33)36(34,35)24-4-2-3-22(27)25(24)28/h2-4,7-10,13,15,19,33H,5-6,11-12,14,16H2,1H3/t19-,26+/m1/s1. The summed E-state index contributed by atoms with van der Waals surface area (Å²) in [5.74, 6) is -0.267. The molecule has 2 atom stereocenters. The largest absolute Gasteiger partial charge is 0.395 e. The highest BCUT2D eigenvalue weighted by Crippen LogP contribution is 2.53. The van der Waals surface area contributed by atoms with E-state index in [1.807, 2.05) is 10.9 Å². The molecule has 36 heavy (non-hydrogen) atoms. The molecular weight excluding hydrogens is 524 g/mol. The molecule has 1 heterocycles. The van der Waals surface area contributed by atoms with Crippen LogP contribution in [0.1, 0.15) is 31.0 Å². The maximum Gasteiger partial charge on any atom is 0.244 e. The Balaban J connectivity index is 1.45. The van der Waals surface area contributed by atoms with Crippen molar-refractivity contribution in [1.29, 1.82) is 0 Å². The minimum absolute atomic E-state index is 0.0177. The fraction of sp³-hybridized carbons (Fsp3) is 0.346. The van der Waals surface area contributed by atoms with E-state index in [-0.39, 0.29) is 51.8 Å². The average Bonchev–Trinajstić information content (AvgIpc) is 3.39. The number of aliphatic hydroxyl groups is 1. The maximum absolute atomic E-state index is 13.5. The Bertz CT molecular complexity index is 1440. The second-order valence-corrected chi connectivity index (χ2v) is 12.3. The molecule has 0 spiro atoms. The van der Waals surface area contributed by atoms with Crippen LogP contribution in [-0.4, -0.2) is 47.3 Å². The number of rotatable bonds is 7. The third-order valence-corrected chi connectivity index (χ3v) is 10.4. The molecule has 0 bridgehead atoms. The number of sulfonamides is 1. The van der Waals surface area contributed by atoms with Crippen LogP contribution < -0.4 is 0 Å². The SMILES string of the molecule is C[C@]12Cc3cnn(-c4ccc(F)cc4)c3C=C1CC[C@@H]2CN(CCO)S(=O)(=O)c1cccc(Cl)c1Cl. The summed E-state index contributed by atoms with van der Waals surface area (Å²) in [6.07, 6.45) is 6.34. The second kappa shape index (κ2) is 9.58. The predicted octanol–water partition coefficient (Wildman–Crippen LogP) is 5.36. The first-order valence-electron chi connectivity index (χ1n) is 11.7. The number of fused-ring (bicyclic) bond motifs is 2. The van der Waals surface area contributed by atoms with E-state index in [0.717, 1.165) is 29.8 Å². The number of benzene rings is 2. The van der Waals surface area contributed by atoms with Crippen LogP contribution >= 0.6 is 23.2 Å². The molecule has 1 fully saturated rings. The van der Waals surface area contributed by atoms with Gasteiger partial charge in [-0.15, -0.1) is 0 Å². The summed E-state index contributed by atoms with van der Waals surface area (Å²) in [5, 5.41) is 14.4. The van der Waals surface area contributed by atoms with Gasteiger partial charge in [0.1, 0.15) is 10.7 Å². The summed E-state index contributed by atoms with van der Waals surface area (Å²) in [5.41, 5.74) is 3.80. The number of allylic oxidation sites excluding steroid dienone is 1. The minimum atomic E-state index is -3.97. The molecule has 10 heteroatoms. The Morgan fingerprint density at radius 2 is 1.97 bits per heavy atom. The lowest BCUT2D eigenvalue weighted by Gasteiger charge is -2.38. The molecule has 1 saturated carbocycles. The molecule has 0 saturated heterocycles. The van der Waals surface area contributed by atoms with Crippen LogP contribution in [-0.2, 0) is 16.4 Å². The third kappa shape index (κ3) is 4.29. The lowest BCUT2D eigenvalue weighted by molar-refractivity contribution is 0.194. The number of hydrogen-bond donors (Lipinski definition) is 1. The van der Waals surface area contributed by atoms with Crippen molar-refractivity contribution >= 4 is 39.3 Å². The Hall–Kier alpha value is -2.23. The maximum atomic E-state index is 13.5. The predicted molar refractivity (Wildman–Crippen MR) is 138 cm³/mol. The second-order valence-electron chi connectivity index (χ2n) is 9.58. The first kappa shape index (κ1) is 25.4. The van der Waals surface area contributed by atoms with Gasteiger partial charge in [-0.2, -0.15) is 9.40 Å². The van der Waals surface area contributed by atoms with Gasteiger partial charge >= 0.3 is 0 Å². The molecular formula is C26H26Cl2FN3O3S. The molecule has 2 aromatic carbocycles. The van der Waals surface area contributed by atoms with Crippen molar-refractivity contribution in [2.45, 2.75) is 31.1 Å². The van der Waals surface area contributed by atoms with Crippen molar-refractivity contribution in [3.63, 3.8) is 0 Å². The van der Waals surface area contributed by atoms with Gasteiger partial charge in [0.25, 0.3) is 0 Å². The number of halogens is 3. The zero-order valence-electron chi connectivity index (χ0n) is 19.7. The van der Waals surface area contributed by atoms with Gasteiger partial charge in [-0.1, -0.05) is 41.8 Å². The van der Waals surface area contributed by atoms with E-state index in [4.69, 9.17) is 23.2 Å². The highest BCUT2D eigenvalue weighted by Gasteiger charge is 2.47. The van der Waals surface area contributed by atoms with Crippen molar-refractivity contribution in [2.24, 2.45) is 11.3 Å². The van der Waals surface area contributed by atoms with Crippen molar-refractivity contribution in [3.8, 4) is 5.69 Å². The number of hydrogen-bond acceptors (Lipinski definition) is 4. The quantitative estimate of drug-likeness (QED) is 0.430. The van der Waals surface area contributed by atoms with Gasteiger partial charge in [-0.05, 0) is 78.6 Å². The van der Waals surface area contributed by atoms with Gasteiger partial charge in [-0.25, -0.2) is 17.5 Å². The Labute approximate surface area is 220 Å². The van der Waals surface area contributed by atoms with Crippen molar-refractivity contribution < 1.29 is 17.9 Å². The molecule has 1 aromatic heterocycles. The monoisotopic (exact) mass is 549 g/mol.